The molecule has 7 heteroatoms. The molecule has 3 aromatic carbocycles. The van der Waals surface area contributed by atoms with E-state index < -0.39 is 15.9 Å². The second kappa shape index (κ2) is 8.50. The Labute approximate surface area is 181 Å². The van der Waals surface area contributed by atoms with E-state index in [9.17, 15) is 13.2 Å². The van der Waals surface area contributed by atoms with Crippen molar-refractivity contribution in [1.29, 1.82) is 0 Å². The molecular weight excluding hydrogens is 422 g/mol. The summed E-state index contributed by atoms with van der Waals surface area (Å²) >= 11 is 6.21. The van der Waals surface area contributed by atoms with Gasteiger partial charge in [0.05, 0.1) is 22.6 Å². The van der Waals surface area contributed by atoms with E-state index in [4.69, 9.17) is 16.3 Å². The van der Waals surface area contributed by atoms with Crippen LogP contribution in [0.5, 0.6) is 5.75 Å². The number of nitrogens with one attached hydrogen (secondary N) is 1. The van der Waals surface area contributed by atoms with Gasteiger partial charge in [-0.25, -0.2) is 13.1 Å². The Morgan fingerprint density at radius 2 is 1.57 bits per heavy atom. The van der Waals surface area contributed by atoms with E-state index in [0.717, 1.165) is 16.7 Å². The summed E-state index contributed by atoms with van der Waals surface area (Å²) in [5, 5.41) is 0.169. The highest BCUT2D eigenvalue weighted by molar-refractivity contribution is 7.90. The minimum atomic E-state index is -4.09. The quantitative estimate of drug-likeness (QED) is 0.598. The highest BCUT2D eigenvalue weighted by Crippen LogP contribution is 2.29. The molecule has 1 N–H and O–H groups in total. The number of hydrogen-bond donors (Lipinski definition) is 1. The molecule has 3 rings (SSSR count). The summed E-state index contributed by atoms with van der Waals surface area (Å²) in [6, 6.07) is 15.6. The third-order valence-corrected chi connectivity index (χ3v) is 6.48. The van der Waals surface area contributed by atoms with Crippen LogP contribution >= 0.6 is 11.6 Å². The summed E-state index contributed by atoms with van der Waals surface area (Å²) in [4.78, 5) is 12.8. The fourth-order valence-electron chi connectivity index (χ4n) is 3.39. The molecule has 30 heavy (non-hydrogen) atoms. The van der Waals surface area contributed by atoms with E-state index in [0.29, 0.717) is 16.9 Å². The molecule has 1 amide bonds. The normalized spacial score (nSPS) is 11.2. The molecule has 0 aliphatic heterocycles. The molecule has 0 atom stereocenters. The van der Waals surface area contributed by atoms with Crippen LogP contribution in [-0.4, -0.2) is 21.4 Å². The smallest absolute Gasteiger partial charge is 0.266 e. The van der Waals surface area contributed by atoms with Crippen LogP contribution in [0.2, 0.25) is 5.02 Å². The number of ether oxygens (including phenoxy) is 1. The first kappa shape index (κ1) is 21.9. The van der Waals surface area contributed by atoms with Crippen LogP contribution in [0.1, 0.15) is 27.0 Å². The number of carbonyl (C=O) groups is 1. The molecule has 0 radical (unpaired) electrons. The predicted octanol–water partition coefficient (Wildman–Crippen LogP) is 5.06. The predicted molar refractivity (Wildman–Crippen MR) is 119 cm³/mol. The van der Waals surface area contributed by atoms with Crippen LogP contribution in [0.4, 0.5) is 0 Å². The summed E-state index contributed by atoms with van der Waals surface area (Å²) < 4.78 is 33.0. The number of methoxy groups -OCH3 is 1. The van der Waals surface area contributed by atoms with Crippen LogP contribution in [0.15, 0.2) is 59.5 Å². The molecule has 0 spiro atoms. The number of sulfonamides is 1. The molecule has 0 fully saturated rings. The van der Waals surface area contributed by atoms with Crippen molar-refractivity contribution in [3.05, 3.63) is 81.9 Å². The highest BCUT2D eigenvalue weighted by Gasteiger charge is 2.22. The van der Waals surface area contributed by atoms with E-state index >= 15 is 0 Å². The van der Waals surface area contributed by atoms with Crippen molar-refractivity contribution in [1.82, 2.24) is 4.72 Å². The zero-order valence-electron chi connectivity index (χ0n) is 17.1. The summed E-state index contributed by atoms with van der Waals surface area (Å²) in [5.74, 6) is -0.184. The van der Waals surface area contributed by atoms with Crippen molar-refractivity contribution >= 4 is 27.5 Å². The summed E-state index contributed by atoms with van der Waals surface area (Å²) in [5.41, 5.74) is 4.14. The van der Waals surface area contributed by atoms with Gasteiger partial charge in [0, 0.05) is 0 Å². The topological polar surface area (TPSA) is 72.5 Å². The lowest BCUT2D eigenvalue weighted by Gasteiger charge is -2.13. The van der Waals surface area contributed by atoms with Gasteiger partial charge in [0.15, 0.2) is 0 Å². The molecule has 0 aromatic heterocycles. The molecule has 0 bridgehead atoms. The van der Waals surface area contributed by atoms with Gasteiger partial charge in [-0.2, -0.15) is 0 Å². The SMILES string of the molecule is COc1c(C)cc(S(=O)(=O)NC(=O)c2cc(-c3ccccc3C)ccc2Cl)cc1C. The van der Waals surface area contributed by atoms with Gasteiger partial charge in [-0.05, 0) is 72.9 Å². The molecule has 3 aromatic rings. The van der Waals surface area contributed by atoms with Crippen molar-refractivity contribution in [2.45, 2.75) is 25.7 Å². The Kier molecular flexibility index (Phi) is 6.19. The number of aryl methyl sites for hydroxylation is 3. The Morgan fingerprint density at radius 1 is 0.933 bits per heavy atom. The first-order chi connectivity index (χ1) is 14.1. The first-order valence-electron chi connectivity index (χ1n) is 9.22. The Bertz CT molecular complexity index is 1210. The van der Waals surface area contributed by atoms with Gasteiger partial charge in [0.2, 0.25) is 0 Å². The lowest BCUT2D eigenvalue weighted by atomic mass is 9.99. The van der Waals surface area contributed by atoms with Gasteiger partial charge in [-0.1, -0.05) is 41.9 Å². The van der Waals surface area contributed by atoms with Gasteiger partial charge in [0.25, 0.3) is 15.9 Å². The summed E-state index contributed by atoms with van der Waals surface area (Å²) in [6.45, 7) is 5.45. The fourth-order valence-corrected chi connectivity index (χ4v) is 4.73. The molecule has 0 aliphatic carbocycles. The molecule has 0 saturated heterocycles. The number of halogens is 1. The number of amides is 1. The maximum Gasteiger partial charge on any atom is 0.266 e. The molecule has 0 aliphatic rings. The van der Waals surface area contributed by atoms with Crippen molar-refractivity contribution in [2.24, 2.45) is 0 Å². The van der Waals surface area contributed by atoms with Gasteiger partial charge in [-0.3, -0.25) is 4.79 Å². The van der Waals surface area contributed by atoms with Crippen molar-refractivity contribution in [2.75, 3.05) is 7.11 Å². The van der Waals surface area contributed by atoms with E-state index in [1.54, 1.807) is 32.0 Å². The van der Waals surface area contributed by atoms with Crippen molar-refractivity contribution in [3.8, 4) is 16.9 Å². The second-order valence-corrected chi connectivity index (χ2v) is 9.12. The molecule has 0 heterocycles. The van der Waals surface area contributed by atoms with Crippen LogP contribution < -0.4 is 9.46 Å². The number of carbonyl (C=O) groups excluding carboxylic acids is 1. The average molecular weight is 444 g/mol. The summed E-state index contributed by atoms with van der Waals surface area (Å²) in [7, 11) is -2.57. The third-order valence-electron chi connectivity index (χ3n) is 4.84. The second-order valence-electron chi connectivity index (χ2n) is 7.03. The van der Waals surface area contributed by atoms with Crippen molar-refractivity contribution < 1.29 is 17.9 Å². The van der Waals surface area contributed by atoms with Crippen LogP contribution in [0.3, 0.4) is 0 Å². The van der Waals surface area contributed by atoms with Gasteiger partial charge in [0.1, 0.15) is 5.75 Å². The van der Waals surface area contributed by atoms with Gasteiger partial charge >= 0.3 is 0 Å². The van der Waals surface area contributed by atoms with Gasteiger partial charge in [-0.15, -0.1) is 0 Å². The molecule has 5 nitrogen and oxygen atoms in total. The van der Waals surface area contributed by atoms with Crippen LogP contribution in [0, 0.1) is 20.8 Å². The maximum absolute atomic E-state index is 12.8. The van der Waals surface area contributed by atoms with E-state index in [2.05, 4.69) is 4.72 Å². The average Bonchev–Trinajstić information content (AvgIpc) is 2.68. The van der Waals surface area contributed by atoms with E-state index in [-0.39, 0.29) is 15.5 Å². The molecule has 156 valence electrons. The number of rotatable bonds is 5. The molecule has 0 unspecified atom stereocenters. The van der Waals surface area contributed by atoms with Crippen LogP contribution in [0.25, 0.3) is 11.1 Å². The highest BCUT2D eigenvalue weighted by atomic mass is 35.5. The number of hydrogen-bond acceptors (Lipinski definition) is 4. The zero-order valence-corrected chi connectivity index (χ0v) is 18.7. The van der Waals surface area contributed by atoms with E-state index in [1.807, 2.05) is 31.2 Å². The molecular formula is C23H22ClNO4S. The largest absolute Gasteiger partial charge is 0.496 e. The Balaban J connectivity index is 1.96. The van der Waals surface area contributed by atoms with Crippen LogP contribution in [-0.2, 0) is 10.0 Å². The number of benzene rings is 3. The monoisotopic (exact) mass is 443 g/mol. The fraction of sp³-hybridized carbons (Fsp3) is 0.174. The lowest BCUT2D eigenvalue weighted by Crippen LogP contribution is -2.31. The van der Waals surface area contributed by atoms with E-state index in [1.165, 1.54) is 19.2 Å². The summed E-state index contributed by atoms with van der Waals surface area (Å²) in [6.07, 6.45) is 0. The molecule has 0 saturated carbocycles. The minimum Gasteiger partial charge on any atom is -0.496 e. The zero-order chi connectivity index (χ0) is 22.1. The minimum absolute atomic E-state index is 0.0159. The van der Waals surface area contributed by atoms with Crippen molar-refractivity contribution in [3.63, 3.8) is 0 Å². The Hall–Kier alpha value is -2.83. The maximum atomic E-state index is 12.8. The lowest BCUT2D eigenvalue weighted by molar-refractivity contribution is 0.0981. The van der Waals surface area contributed by atoms with Gasteiger partial charge < -0.3 is 4.74 Å². The third kappa shape index (κ3) is 4.35. The standard InChI is InChI=1S/C23H22ClNO4S/c1-14-7-5-6-8-19(14)17-9-10-21(24)20(13-17)23(26)25-30(27,28)18-11-15(2)22(29-4)16(3)12-18/h5-13H,1-4H3,(H,25,26). The first-order valence-corrected chi connectivity index (χ1v) is 11.1. The Morgan fingerprint density at radius 3 is 2.17 bits per heavy atom.